The Kier molecular flexibility index (Phi) is 3.22. The van der Waals surface area contributed by atoms with Gasteiger partial charge in [0.1, 0.15) is 28.2 Å². The minimum atomic E-state index is -0.270. The molecule has 0 amide bonds. The Hall–Kier alpha value is -2.27. The van der Waals surface area contributed by atoms with Crippen LogP contribution in [0.5, 0.6) is 11.5 Å². The van der Waals surface area contributed by atoms with Crippen LogP contribution in [0, 0.1) is 6.92 Å². The summed E-state index contributed by atoms with van der Waals surface area (Å²) in [4.78, 5) is 12.4. The molecule has 0 bridgehead atoms. The predicted molar refractivity (Wildman–Crippen MR) is 83.7 cm³/mol. The first-order valence-electron chi connectivity index (χ1n) is 6.23. The number of rotatable bonds is 1. The Morgan fingerprint density at radius 1 is 1.10 bits per heavy atom. The molecule has 106 valence electrons. The molecule has 0 aliphatic heterocycles. The molecule has 0 aliphatic carbocycles. The quantitative estimate of drug-likeness (QED) is 0.699. The average Bonchev–Trinajstić information content (AvgIpc) is 2.46. The van der Waals surface area contributed by atoms with Crippen LogP contribution in [0.1, 0.15) is 5.56 Å². The van der Waals surface area contributed by atoms with Crippen LogP contribution in [0.15, 0.2) is 50.1 Å². The highest BCUT2D eigenvalue weighted by Crippen LogP contribution is 2.33. The molecule has 3 rings (SSSR count). The minimum Gasteiger partial charge on any atom is -0.507 e. The van der Waals surface area contributed by atoms with Crippen molar-refractivity contribution in [1.82, 2.24) is 0 Å². The maximum Gasteiger partial charge on any atom is 0.199 e. The van der Waals surface area contributed by atoms with Crippen LogP contribution < -0.4 is 5.43 Å². The van der Waals surface area contributed by atoms with Crippen LogP contribution >= 0.6 is 15.9 Å². The van der Waals surface area contributed by atoms with Crippen molar-refractivity contribution >= 4 is 26.9 Å². The lowest BCUT2D eigenvalue weighted by atomic mass is 10.1. The van der Waals surface area contributed by atoms with E-state index in [1.165, 1.54) is 12.1 Å². The first kappa shape index (κ1) is 13.7. The van der Waals surface area contributed by atoms with E-state index in [9.17, 15) is 15.0 Å². The van der Waals surface area contributed by atoms with Gasteiger partial charge in [-0.05, 0) is 53.2 Å². The monoisotopic (exact) mass is 346 g/mol. The summed E-state index contributed by atoms with van der Waals surface area (Å²) in [6.07, 6.45) is 0. The van der Waals surface area contributed by atoms with Gasteiger partial charge >= 0.3 is 0 Å². The van der Waals surface area contributed by atoms with Gasteiger partial charge in [0.2, 0.25) is 0 Å². The fourth-order valence-electron chi connectivity index (χ4n) is 2.23. The highest BCUT2D eigenvalue weighted by molar-refractivity contribution is 9.10. The average molecular weight is 347 g/mol. The lowest BCUT2D eigenvalue weighted by Crippen LogP contribution is -2.07. The molecule has 0 fully saturated rings. The van der Waals surface area contributed by atoms with Gasteiger partial charge in [-0.1, -0.05) is 6.07 Å². The molecular formula is C16H11BrO4. The van der Waals surface area contributed by atoms with Gasteiger partial charge in [0.25, 0.3) is 0 Å². The summed E-state index contributed by atoms with van der Waals surface area (Å²) in [7, 11) is 0. The zero-order valence-electron chi connectivity index (χ0n) is 11.1. The maximum absolute atomic E-state index is 12.4. The molecule has 0 radical (unpaired) electrons. The highest BCUT2D eigenvalue weighted by Gasteiger charge is 2.15. The second kappa shape index (κ2) is 4.93. The summed E-state index contributed by atoms with van der Waals surface area (Å²) in [5, 5.41) is 19.5. The molecule has 5 heteroatoms. The number of phenols is 2. The van der Waals surface area contributed by atoms with Gasteiger partial charge < -0.3 is 14.6 Å². The molecular weight excluding hydrogens is 336 g/mol. The van der Waals surface area contributed by atoms with Gasteiger partial charge in [0.15, 0.2) is 5.43 Å². The second-order valence-electron chi connectivity index (χ2n) is 4.70. The first-order valence-corrected chi connectivity index (χ1v) is 7.02. The number of halogens is 1. The van der Waals surface area contributed by atoms with Crippen LogP contribution in [-0.4, -0.2) is 10.2 Å². The Balaban J connectivity index is 2.36. The van der Waals surface area contributed by atoms with Crippen molar-refractivity contribution in [1.29, 1.82) is 0 Å². The van der Waals surface area contributed by atoms with Crippen molar-refractivity contribution in [3.05, 3.63) is 56.7 Å². The number of benzene rings is 2. The fourth-order valence-corrected chi connectivity index (χ4v) is 2.61. The highest BCUT2D eigenvalue weighted by atomic mass is 79.9. The van der Waals surface area contributed by atoms with Gasteiger partial charge in [-0.15, -0.1) is 0 Å². The van der Waals surface area contributed by atoms with Crippen LogP contribution in [-0.2, 0) is 0 Å². The molecule has 21 heavy (non-hydrogen) atoms. The van der Waals surface area contributed by atoms with Crippen molar-refractivity contribution in [2.75, 3.05) is 0 Å². The van der Waals surface area contributed by atoms with Crippen LogP contribution in [0.25, 0.3) is 22.3 Å². The van der Waals surface area contributed by atoms with Gasteiger partial charge in [0.05, 0.1) is 4.47 Å². The third kappa shape index (κ3) is 2.19. The molecule has 0 atom stereocenters. The Morgan fingerprint density at radius 3 is 2.57 bits per heavy atom. The van der Waals surface area contributed by atoms with E-state index in [0.29, 0.717) is 26.9 Å². The molecule has 3 aromatic rings. The van der Waals surface area contributed by atoms with Crippen LogP contribution in [0.2, 0.25) is 0 Å². The first-order chi connectivity index (χ1) is 9.99. The summed E-state index contributed by atoms with van der Waals surface area (Å²) < 4.78 is 6.28. The lowest BCUT2D eigenvalue weighted by molar-refractivity contribution is 0.472. The van der Waals surface area contributed by atoms with Crippen molar-refractivity contribution in [2.24, 2.45) is 0 Å². The summed E-state index contributed by atoms with van der Waals surface area (Å²) in [6.45, 7) is 1.65. The number of hydrogen-bond donors (Lipinski definition) is 2. The van der Waals surface area contributed by atoms with Crippen LogP contribution in [0.4, 0.5) is 0 Å². The van der Waals surface area contributed by atoms with Crippen LogP contribution in [0.3, 0.4) is 0 Å². The standard InChI is InChI=1S/C16H11BrO4/c1-8-15(20)14-12(19)3-2-4-13(14)21-16(8)9-5-6-11(18)10(17)7-9/h2-7,18-19H,1H3. The van der Waals surface area contributed by atoms with Gasteiger partial charge in [-0.2, -0.15) is 0 Å². The molecule has 0 saturated heterocycles. The molecule has 2 N–H and O–H groups in total. The molecule has 0 unspecified atom stereocenters. The molecule has 1 heterocycles. The molecule has 2 aromatic carbocycles. The Morgan fingerprint density at radius 2 is 1.86 bits per heavy atom. The summed E-state index contributed by atoms with van der Waals surface area (Å²) in [5.41, 5.74) is 1.12. The van der Waals surface area contributed by atoms with E-state index in [1.807, 2.05) is 0 Å². The zero-order valence-corrected chi connectivity index (χ0v) is 12.6. The topological polar surface area (TPSA) is 70.7 Å². The predicted octanol–water partition coefficient (Wildman–Crippen LogP) is 3.94. The smallest absolute Gasteiger partial charge is 0.199 e. The molecule has 0 spiro atoms. The second-order valence-corrected chi connectivity index (χ2v) is 5.56. The Labute approximate surface area is 128 Å². The maximum atomic E-state index is 12.4. The number of phenolic OH excluding ortho intramolecular Hbond substituents is 2. The number of aromatic hydroxyl groups is 2. The number of hydrogen-bond acceptors (Lipinski definition) is 4. The van der Waals surface area contributed by atoms with Crippen molar-refractivity contribution in [2.45, 2.75) is 6.92 Å². The van der Waals surface area contributed by atoms with Crippen molar-refractivity contribution in [3.63, 3.8) is 0 Å². The molecule has 4 nitrogen and oxygen atoms in total. The molecule has 0 saturated carbocycles. The third-order valence-electron chi connectivity index (χ3n) is 3.33. The van der Waals surface area contributed by atoms with E-state index in [-0.39, 0.29) is 22.3 Å². The van der Waals surface area contributed by atoms with Crippen molar-refractivity contribution in [3.8, 4) is 22.8 Å². The Bertz CT molecular complexity index is 912. The fraction of sp³-hybridized carbons (Fsp3) is 0.0625. The normalized spacial score (nSPS) is 11.0. The number of fused-ring (bicyclic) bond motifs is 1. The van der Waals surface area contributed by atoms with Crippen molar-refractivity contribution < 1.29 is 14.6 Å². The van der Waals surface area contributed by atoms with E-state index in [4.69, 9.17) is 4.42 Å². The summed E-state index contributed by atoms with van der Waals surface area (Å²) in [5.74, 6) is 0.429. The molecule has 1 aromatic heterocycles. The van der Waals surface area contributed by atoms with Gasteiger partial charge in [-0.3, -0.25) is 4.79 Å². The largest absolute Gasteiger partial charge is 0.507 e. The van der Waals surface area contributed by atoms with Gasteiger partial charge in [-0.25, -0.2) is 0 Å². The molecule has 0 aliphatic rings. The minimum absolute atomic E-state index is 0.0946. The van der Waals surface area contributed by atoms with E-state index in [2.05, 4.69) is 15.9 Å². The summed E-state index contributed by atoms with van der Waals surface area (Å²) in [6, 6.07) is 9.57. The lowest BCUT2D eigenvalue weighted by Gasteiger charge is -2.08. The van der Waals surface area contributed by atoms with E-state index in [1.54, 1.807) is 31.2 Å². The van der Waals surface area contributed by atoms with Gasteiger partial charge in [0, 0.05) is 11.1 Å². The van der Waals surface area contributed by atoms with E-state index in [0.717, 1.165) is 0 Å². The van der Waals surface area contributed by atoms with E-state index >= 15 is 0 Å². The zero-order chi connectivity index (χ0) is 15.1. The van der Waals surface area contributed by atoms with E-state index < -0.39 is 0 Å². The summed E-state index contributed by atoms with van der Waals surface area (Å²) >= 11 is 3.24. The third-order valence-corrected chi connectivity index (χ3v) is 3.97. The SMILES string of the molecule is Cc1c(-c2ccc(O)c(Br)c2)oc2cccc(O)c2c1=O.